The summed E-state index contributed by atoms with van der Waals surface area (Å²) in [5, 5.41) is 0. The van der Waals surface area contributed by atoms with Gasteiger partial charge in [0.25, 0.3) is 0 Å². The van der Waals surface area contributed by atoms with E-state index in [1.165, 1.54) is 11.4 Å². The summed E-state index contributed by atoms with van der Waals surface area (Å²) in [6, 6.07) is 11.7. The number of nitrogens with two attached hydrogens (primary N) is 1. The molecule has 27 heavy (non-hydrogen) atoms. The zero-order valence-electron chi connectivity index (χ0n) is 15.7. The molecule has 0 aliphatic carbocycles. The SMILES string of the molecule is COc1ccc(C(C)C)cc1S(=O)(=O)N1Cc2ccccc2C[C@@H]1C(N)=O. The monoisotopic (exact) mass is 388 g/mol. The van der Waals surface area contributed by atoms with E-state index < -0.39 is 22.0 Å². The van der Waals surface area contributed by atoms with Crippen LogP contribution in [0, 0.1) is 0 Å². The Morgan fingerprint density at radius 2 is 1.85 bits per heavy atom. The van der Waals surface area contributed by atoms with E-state index in [-0.39, 0.29) is 29.5 Å². The summed E-state index contributed by atoms with van der Waals surface area (Å²) in [5.74, 6) is -0.257. The molecule has 7 heteroatoms. The standard InChI is InChI=1S/C20H24N2O4S/c1-13(2)14-8-9-18(26-3)19(11-14)27(24,25)22-12-16-7-5-4-6-15(16)10-17(22)20(21)23/h4-9,11,13,17H,10,12H2,1-3H3,(H2,21,23)/t17-/m1/s1. The summed E-state index contributed by atoms with van der Waals surface area (Å²) in [7, 11) is -2.56. The highest BCUT2D eigenvalue weighted by molar-refractivity contribution is 7.89. The van der Waals surface area contributed by atoms with Gasteiger partial charge in [0.15, 0.2) is 0 Å². The van der Waals surface area contributed by atoms with Gasteiger partial charge in [-0.15, -0.1) is 0 Å². The van der Waals surface area contributed by atoms with Gasteiger partial charge in [-0.3, -0.25) is 4.79 Å². The maximum Gasteiger partial charge on any atom is 0.247 e. The summed E-state index contributed by atoms with van der Waals surface area (Å²) in [4.78, 5) is 12.1. The predicted molar refractivity (Wildman–Crippen MR) is 103 cm³/mol. The minimum Gasteiger partial charge on any atom is -0.495 e. The number of carbonyl (C=O) groups excluding carboxylic acids is 1. The number of fused-ring (bicyclic) bond motifs is 1. The fourth-order valence-electron chi connectivity index (χ4n) is 3.37. The molecule has 2 aromatic carbocycles. The van der Waals surface area contributed by atoms with Crippen molar-refractivity contribution in [2.75, 3.05) is 7.11 Å². The molecule has 0 unspecified atom stereocenters. The molecule has 0 radical (unpaired) electrons. The second-order valence-electron chi connectivity index (χ2n) is 7.01. The largest absolute Gasteiger partial charge is 0.495 e. The van der Waals surface area contributed by atoms with Gasteiger partial charge in [0.2, 0.25) is 15.9 Å². The fraction of sp³-hybridized carbons (Fsp3) is 0.350. The third-order valence-electron chi connectivity index (χ3n) is 4.97. The van der Waals surface area contributed by atoms with Crippen LogP contribution in [-0.2, 0) is 27.8 Å². The summed E-state index contributed by atoms with van der Waals surface area (Å²) in [6.07, 6.45) is 0.261. The Kier molecular flexibility index (Phi) is 5.26. The molecule has 0 spiro atoms. The molecule has 1 aliphatic rings. The van der Waals surface area contributed by atoms with Gasteiger partial charge >= 0.3 is 0 Å². The first-order chi connectivity index (χ1) is 12.8. The van der Waals surface area contributed by atoms with Gasteiger partial charge < -0.3 is 10.5 Å². The van der Waals surface area contributed by atoms with Crippen LogP contribution in [0.5, 0.6) is 5.75 Å². The van der Waals surface area contributed by atoms with Crippen molar-refractivity contribution < 1.29 is 17.9 Å². The number of nitrogens with zero attached hydrogens (tertiary/aromatic N) is 1. The van der Waals surface area contributed by atoms with Gasteiger partial charge in [0, 0.05) is 6.54 Å². The van der Waals surface area contributed by atoms with E-state index in [0.29, 0.717) is 0 Å². The molecular weight excluding hydrogens is 364 g/mol. The van der Waals surface area contributed by atoms with Crippen LogP contribution in [0.15, 0.2) is 47.4 Å². The topological polar surface area (TPSA) is 89.7 Å². The second kappa shape index (κ2) is 7.32. The molecule has 0 fully saturated rings. The fourth-order valence-corrected chi connectivity index (χ4v) is 5.14. The lowest BCUT2D eigenvalue weighted by molar-refractivity contribution is -0.122. The van der Waals surface area contributed by atoms with E-state index in [4.69, 9.17) is 10.5 Å². The van der Waals surface area contributed by atoms with Crippen LogP contribution in [0.4, 0.5) is 0 Å². The first-order valence-electron chi connectivity index (χ1n) is 8.81. The lowest BCUT2D eigenvalue weighted by Crippen LogP contribution is -2.51. The minimum atomic E-state index is -3.99. The Balaban J connectivity index is 2.13. The highest BCUT2D eigenvalue weighted by atomic mass is 32.2. The van der Waals surface area contributed by atoms with Crippen LogP contribution >= 0.6 is 0 Å². The van der Waals surface area contributed by atoms with Crippen molar-refractivity contribution in [1.29, 1.82) is 0 Å². The Morgan fingerprint density at radius 1 is 1.19 bits per heavy atom. The lowest BCUT2D eigenvalue weighted by Gasteiger charge is -2.34. The predicted octanol–water partition coefficient (Wildman–Crippen LogP) is 2.42. The Labute approximate surface area is 160 Å². The third-order valence-corrected chi connectivity index (χ3v) is 6.85. The van der Waals surface area contributed by atoms with E-state index in [1.807, 2.05) is 44.2 Å². The summed E-state index contributed by atoms with van der Waals surface area (Å²) in [6.45, 7) is 4.07. The van der Waals surface area contributed by atoms with Gasteiger partial charge in [-0.1, -0.05) is 44.2 Å². The van der Waals surface area contributed by atoms with Crippen LogP contribution < -0.4 is 10.5 Å². The van der Waals surface area contributed by atoms with Crippen LogP contribution in [0.25, 0.3) is 0 Å². The second-order valence-corrected chi connectivity index (χ2v) is 8.87. The number of carbonyl (C=O) groups is 1. The molecule has 3 rings (SSSR count). The average Bonchev–Trinajstić information content (AvgIpc) is 2.66. The Morgan fingerprint density at radius 3 is 2.44 bits per heavy atom. The number of sulfonamides is 1. The first-order valence-corrected chi connectivity index (χ1v) is 10.3. The molecule has 2 N–H and O–H groups in total. The molecule has 6 nitrogen and oxygen atoms in total. The molecular formula is C20H24N2O4S. The number of benzene rings is 2. The molecule has 0 saturated carbocycles. The summed E-state index contributed by atoms with van der Waals surface area (Å²) < 4.78 is 33.5. The molecule has 0 saturated heterocycles. The lowest BCUT2D eigenvalue weighted by atomic mass is 9.96. The van der Waals surface area contributed by atoms with Gasteiger partial charge in [-0.2, -0.15) is 4.31 Å². The number of methoxy groups -OCH3 is 1. The van der Waals surface area contributed by atoms with E-state index in [2.05, 4.69) is 0 Å². The molecule has 0 bridgehead atoms. The molecule has 1 atom stereocenters. The molecule has 2 aromatic rings. The third kappa shape index (κ3) is 3.57. The van der Waals surface area contributed by atoms with Gasteiger partial charge in [0.05, 0.1) is 7.11 Å². The van der Waals surface area contributed by atoms with Crippen molar-refractivity contribution in [1.82, 2.24) is 4.31 Å². The maximum atomic E-state index is 13.5. The number of amides is 1. The quantitative estimate of drug-likeness (QED) is 0.852. The van der Waals surface area contributed by atoms with Crippen LogP contribution in [-0.4, -0.2) is 31.8 Å². The van der Waals surface area contributed by atoms with Crippen molar-refractivity contribution in [2.24, 2.45) is 5.73 Å². The van der Waals surface area contributed by atoms with Crippen molar-refractivity contribution in [3.8, 4) is 5.75 Å². The summed E-state index contributed by atoms with van der Waals surface area (Å²) >= 11 is 0. The minimum absolute atomic E-state index is 0.0573. The van der Waals surface area contributed by atoms with E-state index in [9.17, 15) is 13.2 Å². The molecule has 1 amide bonds. The zero-order chi connectivity index (χ0) is 19.8. The smallest absolute Gasteiger partial charge is 0.247 e. The zero-order valence-corrected chi connectivity index (χ0v) is 16.5. The van der Waals surface area contributed by atoms with Gasteiger partial charge in [-0.05, 0) is 41.2 Å². The summed E-state index contributed by atoms with van der Waals surface area (Å²) in [5.41, 5.74) is 8.25. The Hall–Kier alpha value is -2.38. The number of ether oxygens (including phenoxy) is 1. The van der Waals surface area contributed by atoms with Crippen LogP contribution in [0.3, 0.4) is 0 Å². The van der Waals surface area contributed by atoms with Crippen molar-refractivity contribution in [2.45, 2.75) is 43.7 Å². The van der Waals surface area contributed by atoms with Gasteiger partial charge in [0.1, 0.15) is 16.7 Å². The van der Waals surface area contributed by atoms with Crippen LogP contribution in [0.1, 0.15) is 36.5 Å². The number of primary amides is 1. The highest BCUT2D eigenvalue weighted by Crippen LogP contribution is 2.34. The van der Waals surface area contributed by atoms with E-state index >= 15 is 0 Å². The Bertz CT molecular complexity index is 970. The molecule has 0 aromatic heterocycles. The maximum absolute atomic E-state index is 13.5. The molecule has 1 heterocycles. The average molecular weight is 388 g/mol. The van der Waals surface area contributed by atoms with E-state index in [1.54, 1.807) is 12.1 Å². The molecule has 144 valence electrons. The van der Waals surface area contributed by atoms with Gasteiger partial charge in [-0.25, -0.2) is 8.42 Å². The van der Waals surface area contributed by atoms with Crippen molar-refractivity contribution >= 4 is 15.9 Å². The van der Waals surface area contributed by atoms with Crippen molar-refractivity contribution in [3.05, 3.63) is 59.2 Å². The number of hydrogen-bond donors (Lipinski definition) is 1. The first kappa shape index (κ1) is 19.4. The molecule has 1 aliphatic heterocycles. The highest BCUT2D eigenvalue weighted by Gasteiger charge is 2.40. The normalized spacial score (nSPS) is 17.6. The number of rotatable bonds is 5. The van der Waals surface area contributed by atoms with Crippen molar-refractivity contribution in [3.63, 3.8) is 0 Å². The van der Waals surface area contributed by atoms with E-state index in [0.717, 1.165) is 16.7 Å². The number of hydrogen-bond acceptors (Lipinski definition) is 4. The van der Waals surface area contributed by atoms with Crippen LogP contribution in [0.2, 0.25) is 0 Å².